The maximum atomic E-state index is 14.7. The number of aryl methyl sites for hydroxylation is 1. The molecule has 0 spiro atoms. The van der Waals surface area contributed by atoms with Gasteiger partial charge in [0, 0.05) is 17.5 Å². The molecule has 35 heavy (non-hydrogen) atoms. The molecule has 0 unspecified atom stereocenters. The van der Waals surface area contributed by atoms with E-state index in [-0.39, 0.29) is 12.2 Å². The van der Waals surface area contributed by atoms with Gasteiger partial charge >= 0.3 is 5.97 Å². The van der Waals surface area contributed by atoms with Crippen molar-refractivity contribution in [2.75, 3.05) is 13.7 Å². The Labute approximate surface area is 206 Å². The molecule has 0 atom stereocenters. The zero-order chi connectivity index (χ0) is 25.0. The summed E-state index contributed by atoms with van der Waals surface area (Å²) in [6.45, 7) is 3.01. The molecular formula is C29H33FO5. The lowest BCUT2D eigenvalue weighted by Gasteiger charge is -2.15. The Hall–Kier alpha value is -3.54. The minimum atomic E-state index is -0.828. The van der Waals surface area contributed by atoms with Gasteiger partial charge < -0.3 is 19.3 Å². The van der Waals surface area contributed by atoms with Crippen LogP contribution in [0.15, 0.2) is 60.7 Å². The number of rotatable bonds is 14. The van der Waals surface area contributed by atoms with Gasteiger partial charge in [-0.25, -0.2) is 4.39 Å². The van der Waals surface area contributed by atoms with E-state index >= 15 is 0 Å². The average Bonchev–Trinajstić information content (AvgIpc) is 2.87. The third-order valence-electron chi connectivity index (χ3n) is 5.70. The summed E-state index contributed by atoms with van der Waals surface area (Å²) in [7, 11) is 1.55. The Kier molecular flexibility index (Phi) is 9.96. The van der Waals surface area contributed by atoms with Crippen molar-refractivity contribution in [1.82, 2.24) is 0 Å². The molecule has 0 radical (unpaired) electrons. The molecule has 0 saturated carbocycles. The third kappa shape index (κ3) is 8.02. The topological polar surface area (TPSA) is 65.0 Å². The van der Waals surface area contributed by atoms with Gasteiger partial charge in [0.1, 0.15) is 29.7 Å². The van der Waals surface area contributed by atoms with Crippen molar-refractivity contribution in [2.45, 2.75) is 52.1 Å². The Morgan fingerprint density at radius 1 is 0.886 bits per heavy atom. The number of carbonyl (C=O) groups is 1. The van der Waals surface area contributed by atoms with Crippen molar-refractivity contribution in [3.05, 3.63) is 77.6 Å². The monoisotopic (exact) mass is 480 g/mol. The van der Waals surface area contributed by atoms with Gasteiger partial charge in [-0.1, -0.05) is 50.5 Å². The van der Waals surface area contributed by atoms with Crippen LogP contribution < -0.4 is 14.2 Å². The third-order valence-corrected chi connectivity index (χ3v) is 5.70. The van der Waals surface area contributed by atoms with Crippen LogP contribution >= 0.6 is 0 Å². The van der Waals surface area contributed by atoms with Crippen molar-refractivity contribution in [1.29, 1.82) is 0 Å². The first-order valence-electron chi connectivity index (χ1n) is 12.0. The molecule has 6 heteroatoms. The predicted molar refractivity (Wildman–Crippen MR) is 135 cm³/mol. The molecule has 3 aromatic carbocycles. The summed E-state index contributed by atoms with van der Waals surface area (Å²) < 4.78 is 32.1. The van der Waals surface area contributed by atoms with E-state index in [9.17, 15) is 9.18 Å². The fourth-order valence-corrected chi connectivity index (χ4v) is 3.76. The maximum absolute atomic E-state index is 14.7. The number of benzene rings is 3. The number of hydrogen-bond acceptors (Lipinski definition) is 4. The van der Waals surface area contributed by atoms with Gasteiger partial charge in [-0.15, -0.1) is 0 Å². The van der Waals surface area contributed by atoms with E-state index in [1.807, 2.05) is 42.5 Å². The van der Waals surface area contributed by atoms with E-state index in [2.05, 4.69) is 6.92 Å². The van der Waals surface area contributed by atoms with Gasteiger partial charge in [-0.3, -0.25) is 4.79 Å². The second-order valence-electron chi connectivity index (χ2n) is 8.42. The van der Waals surface area contributed by atoms with Crippen LogP contribution in [0.2, 0.25) is 0 Å². The number of unbranched alkanes of at least 4 members (excludes halogenated alkanes) is 3. The lowest BCUT2D eigenvalue weighted by Crippen LogP contribution is -2.02. The molecule has 0 aliphatic heterocycles. The molecule has 5 nitrogen and oxygen atoms in total. The normalized spacial score (nSPS) is 10.7. The van der Waals surface area contributed by atoms with Gasteiger partial charge in [-0.05, 0) is 60.4 Å². The Bertz CT molecular complexity index is 1110. The predicted octanol–water partition coefficient (Wildman–Crippen LogP) is 7.06. The summed E-state index contributed by atoms with van der Waals surface area (Å²) in [5.41, 5.74) is 2.88. The molecule has 186 valence electrons. The Balaban J connectivity index is 1.78. The molecule has 0 fully saturated rings. The van der Waals surface area contributed by atoms with Crippen molar-refractivity contribution >= 4 is 5.97 Å². The Morgan fingerprint density at radius 2 is 1.74 bits per heavy atom. The molecule has 0 aliphatic rings. The first-order valence-corrected chi connectivity index (χ1v) is 12.0. The summed E-state index contributed by atoms with van der Waals surface area (Å²) in [5.74, 6) is 0.670. The quantitative estimate of drug-likeness (QED) is 0.250. The summed E-state index contributed by atoms with van der Waals surface area (Å²) >= 11 is 0. The molecule has 0 bridgehead atoms. The van der Waals surface area contributed by atoms with Gasteiger partial charge in [0.05, 0.1) is 13.7 Å². The number of carboxylic acid groups (broad SMARTS) is 1. The minimum Gasteiger partial charge on any atom is -0.497 e. The molecule has 0 heterocycles. The van der Waals surface area contributed by atoms with E-state index in [0.717, 1.165) is 36.8 Å². The van der Waals surface area contributed by atoms with Crippen LogP contribution in [0, 0.1) is 5.82 Å². The number of carboxylic acids is 1. The van der Waals surface area contributed by atoms with Crippen LogP contribution in [0.1, 0.15) is 50.2 Å². The highest BCUT2D eigenvalue weighted by Crippen LogP contribution is 2.35. The zero-order valence-electron chi connectivity index (χ0n) is 20.4. The average molecular weight is 481 g/mol. The summed E-state index contributed by atoms with van der Waals surface area (Å²) in [6, 6.07) is 17.7. The van der Waals surface area contributed by atoms with Crippen molar-refractivity contribution in [3.63, 3.8) is 0 Å². The molecule has 0 aliphatic carbocycles. The van der Waals surface area contributed by atoms with Gasteiger partial charge in [0.25, 0.3) is 0 Å². The first kappa shape index (κ1) is 26.1. The lowest BCUT2D eigenvalue weighted by molar-refractivity contribution is -0.136. The second kappa shape index (κ2) is 13.4. The molecular weight excluding hydrogens is 447 g/mol. The van der Waals surface area contributed by atoms with Crippen molar-refractivity contribution in [3.8, 4) is 28.4 Å². The number of methoxy groups -OCH3 is 1. The lowest BCUT2D eigenvalue weighted by atomic mass is 10.0. The Morgan fingerprint density at radius 3 is 2.51 bits per heavy atom. The molecule has 0 aromatic heterocycles. The van der Waals surface area contributed by atoms with E-state index in [1.165, 1.54) is 6.07 Å². The maximum Gasteiger partial charge on any atom is 0.303 e. The van der Waals surface area contributed by atoms with E-state index in [4.69, 9.17) is 19.3 Å². The van der Waals surface area contributed by atoms with E-state index in [1.54, 1.807) is 19.2 Å². The van der Waals surface area contributed by atoms with E-state index in [0.29, 0.717) is 48.0 Å². The summed E-state index contributed by atoms with van der Waals surface area (Å²) in [5, 5.41) is 8.90. The number of ether oxygens (including phenoxy) is 3. The first-order chi connectivity index (χ1) is 17.0. The van der Waals surface area contributed by atoms with Crippen LogP contribution in [-0.4, -0.2) is 24.8 Å². The van der Waals surface area contributed by atoms with Crippen LogP contribution in [0.5, 0.6) is 17.2 Å². The largest absolute Gasteiger partial charge is 0.497 e. The molecule has 0 saturated heterocycles. The fourth-order valence-electron chi connectivity index (χ4n) is 3.76. The minimum absolute atomic E-state index is 0.0741. The van der Waals surface area contributed by atoms with Crippen molar-refractivity contribution < 1.29 is 28.5 Å². The summed E-state index contributed by atoms with van der Waals surface area (Å²) in [4.78, 5) is 10.8. The molecule has 0 amide bonds. The van der Waals surface area contributed by atoms with Gasteiger partial charge in [-0.2, -0.15) is 0 Å². The molecule has 1 N–H and O–H groups in total. The molecule has 3 aromatic rings. The standard InChI is InChI=1S/C29H33FO5/c1-3-4-5-6-16-34-28-18-22(10-13-25(28)26-19-23(33-2)12-14-27(26)30)20-35-24-9-7-8-21(17-24)11-15-29(31)32/h7-10,12-14,17-19H,3-6,11,15-16,20H2,1-2H3,(H,31,32). The molecule has 3 rings (SSSR count). The zero-order valence-corrected chi connectivity index (χ0v) is 20.4. The highest BCUT2D eigenvalue weighted by atomic mass is 19.1. The van der Waals surface area contributed by atoms with Gasteiger partial charge in [0.2, 0.25) is 0 Å². The number of hydrogen-bond donors (Lipinski definition) is 1. The van der Waals surface area contributed by atoms with Gasteiger partial charge in [0.15, 0.2) is 0 Å². The van der Waals surface area contributed by atoms with Crippen LogP contribution in [0.25, 0.3) is 11.1 Å². The SMILES string of the molecule is CCCCCCOc1cc(COc2cccc(CCC(=O)O)c2)ccc1-c1cc(OC)ccc1F. The highest BCUT2D eigenvalue weighted by molar-refractivity contribution is 5.72. The number of halogens is 1. The van der Waals surface area contributed by atoms with E-state index < -0.39 is 5.97 Å². The van der Waals surface area contributed by atoms with Crippen molar-refractivity contribution in [2.24, 2.45) is 0 Å². The van der Waals surface area contributed by atoms with Crippen LogP contribution in [0.4, 0.5) is 4.39 Å². The van der Waals surface area contributed by atoms with Crippen LogP contribution in [0.3, 0.4) is 0 Å². The summed E-state index contributed by atoms with van der Waals surface area (Å²) in [6.07, 6.45) is 4.83. The fraction of sp³-hybridized carbons (Fsp3) is 0.345. The smallest absolute Gasteiger partial charge is 0.303 e. The number of aliphatic carboxylic acids is 1. The van der Waals surface area contributed by atoms with Crippen LogP contribution in [-0.2, 0) is 17.8 Å². The highest BCUT2D eigenvalue weighted by Gasteiger charge is 2.14. The second-order valence-corrected chi connectivity index (χ2v) is 8.42.